The molecule has 0 saturated carbocycles. The average Bonchev–Trinajstić information content (AvgIpc) is 2.96. The Hall–Kier alpha value is -1.98. The van der Waals surface area contributed by atoms with Crippen LogP contribution in [0.15, 0.2) is 63.5 Å². The Labute approximate surface area is 141 Å². The molecule has 1 heterocycles. The number of halogens is 1. The van der Waals surface area contributed by atoms with Crippen molar-refractivity contribution in [2.45, 2.75) is 6.92 Å². The first-order chi connectivity index (χ1) is 10.7. The number of thiazole rings is 1. The number of hydrogen-bond acceptors (Lipinski definition) is 4. The normalized spacial score (nSPS) is 11.0. The maximum atomic E-state index is 4.53. The highest BCUT2D eigenvalue weighted by Gasteiger charge is 2.02. The molecule has 3 rings (SSSR count). The molecule has 0 aliphatic rings. The van der Waals surface area contributed by atoms with Gasteiger partial charge >= 0.3 is 0 Å². The van der Waals surface area contributed by atoms with Crippen LogP contribution in [0.4, 0.5) is 5.13 Å². The van der Waals surface area contributed by atoms with E-state index >= 15 is 0 Å². The maximum absolute atomic E-state index is 4.53. The van der Waals surface area contributed by atoms with Gasteiger partial charge in [0, 0.05) is 15.4 Å². The molecule has 2 aromatic carbocycles. The van der Waals surface area contributed by atoms with Crippen molar-refractivity contribution >= 4 is 38.6 Å². The number of rotatable bonds is 4. The van der Waals surface area contributed by atoms with Crippen LogP contribution in [0.2, 0.25) is 0 Å². The van der Waals surface area contributed by atoms with Crippen molar-refractivity contribution in [1.29, 1.82) is 0 Å². The van der Waals surface area contributed by atoms with Gasteiger partial charge in [-0.2, -0.15) is 5.10 Å². The van der Waals surface area contributed by atoms with Crippen molar-refractivity contribution in [2.75, 3.05) is 5.43 Å². The Bertz CT molecular complexity index is 776. The summed E-state index contributed by atoms with van der Waals surface area (Å²) in [5.74, 6) is 0. The first-order valence-electron chi connectivity index (χ1n) is 6.78. The smallest absolute Gasteiger partial charge is 0.203 e. The summed E-state index contributed by atoms with van der Waals surface area (Å²) in [7, 11) is 0. The van der Waals surface area contributed by atoms with E-state index in [4.69, 9.17) is 0 Å². The van der Waals surface area contributed by atoms with Crippen LogP contribution >= 0.6 is 27.3 Å². The van der Waals surface area contributed by atoms with E-state index in [0.717, 1.165) is 26.4 Å². The number of hydrogen-bond donors (Lipinski definition) is 1. The van der Waals surface area contributed by atoms with Crippen LogP contribution in [0.1, 0.15) is 11.1 Å². The summed E-state index contributed by atoms with van der Waals surface area (Å²) in [6.45, 7) is 2.06. The van der Waals surface area contributed by atoms with E-state index < -0.39 is 0 Å². The second-order valence-corrected chi connectivity index (χ2v) is 6.61. The van der Waals surface area contributed by atoms with Gasteiger partial charge < -0.3 is 0 Å². The van der Waals surface area contributed by atoms with Gasteiger partial charge in [0.25, 0.3) is 0 Å². The number of benzene rings is 2. The number of anilines is 1. The van der Waals surface area contributed by atoms with E-state index in [1.165, 1.54) is 5.56 Å². The lowest BCUT2D eigenvalue weighted by molar-refractivity contribution is 1.29. The molecule has 0 aliphatic heterocycles. The van der Waals surface area contributed by atoms with Gasteiger partial charge in [-0.3, -0.25) is 5.43 Å². The maximum Gasteiger partial charge on any atom is 0.203 e. The molecule has 0 aliphatic carbocycles. The van der Waals surface area contributed by atoms with Crippen LogP contribution in [-0.4, -0.2) is 11.2 Å². The molecule has 110 valence electrons. The number of aryl methyl sites for hydroxylation is 1. The molecule has 0 spiro atoms. The minimum Gasteiger partial charge on any atom is -0.253 e. The molecule has 1 N–H and O–H groups in total. The van der Waals surface area contributed by atoms with Crippen LogP contribution < -0.4 is 5.43 Å². The summed E-state index contributed by atoms with van der Waals surface area (Å²) in [5, 5.41) is 7.06. The molecule has 22 heavy (non-hydrogen) atoms. The molecular formula is C17H14BrN3S. The van der Waals surface area contributed by atoms with E-state index in [1.54, 1.807) is 17.6 Å². The lowest BCUT2D eigenvalue weighted by Gasteiger charge is -1.98. The third kappa shape index (κ3) is 3.81. The second kappa shape index (κ2) is 6.85. The Morgan fingerprint density at radius 1 is 1.18 bits per heavy atom. The Balaban J connectivity index is 1.69. The average molecular weight is 372 g/mol. The Kier molecular flexibility index (Phi) is 4.65. The highest BCUT2D eigenvalue weighted by Crippen LogP contribution is 2.24. The molecule has 3 nitrogen and oxygen atoms in total. The summed E-state index contributed by atoms with van der Waals surface area (Å²) >= 11 is 5.03. The SMILES string of the molecule is Cc1cc(Br)cc(C=NNc2nc(-c3ccccc3)cs2)c1. The monoisotopic (exact) mass is 371 g/mol. The lowest BCUT2D eigenvalue weighted by Crippen LogP contribution is -1.91. The van der Waals surface area contributed by atoms with E-state index in [-0.39, 0.29) is 0 Å². The van der Waals surface area contributed by atoms with Gasteiger partial charge in [0.05, 0.1) is 11.9 Å². The minimum atomic E-state index is 0.779. The van der Waals surface area contributed by atoms with E-state index in [0.29, 0.717) is 0 Å². The van der Waals surface area contributed by atoms with Crippen molar-refractivity contribution in [2.24, 2.45) is 5.10 Å². The van der Waals surface area contributed by atoms with E-state index in [2.05, 4.69) is 50.5 Å². The zero-order valence-electron chi connectivity index (χ0n) is 12.0. The fraction of sp³-hybridized carbons (Fsp3) is 0.0588. The summed E-state index contributed by atoms with van der Waals surface area (Å²) in [4.78, 5) is 4.53. The van der Waals surface area contributed by atoms with Crippen LogP contribution in [-0.2, 0) is 0 Å². The summed E-state index contributed by atoms with van der Waals surface area (Å²) in [5.41, 5.74) is 7.29. The van der Waals surface area contributed by atoms with Crippen molar-refractivity contribution in [3.63, 3.8) is 0 Å². The molecule has 0 fully saturated rings. The van der Waals surface area contributed by atoms with Crippen LogP contribution in [0.3, 0.4) is 0 Å². The zero-order valence-corrected chi connectivity index (χ0v) is 14.4. The second-order valence-electron chi connectivity index (χ2n) is 4.84. The van der Waals surface area contributed by atoms with Gasteiger partial charge in [-0.25, -0.2) is 4.98 Å². The highest BCUT2D eigenvalue weighted by atomic mass is 79.9. The Morgan fingerprint density at radius 3 is 2.77 bits per heavy atom. The van der Waals surface area contributed by atoms with Gasteiger partial charge in [0.15, 0.2) is 0 Å². The van der Waals surface area contributed by atoms with Gasteiger partial charge in [-0.15, -0.1) is 11.3 Å². The molecule has 0 amide bonds. The molecular weight excluding hydrogens is 358 g/mol. The largest absolute Gasteiger partial charge is 0.253 e. The van der Waals surface area contributed by atoms with Crippen molar-refractivity contribution in [3.05, 3.63) is 69.5 Å². The third-order valence-electron chi connectivity index (χ3n) is 3.01. The van der Waals surface area contributed by atoms with E-state index in [9.17, 15) is 0 Å². The van der Waals surface area contributed by atoms with E-state index in [1.807, 2.05) is 41.8 Å². The molecule has 3 aromatic rings. The van der Waals surface area contributed by atoms with Crippen molar-refractivity contribution in [3.8, 4) is 11.3 Å². The first-order valence-corrected chi connectivity index (χ1v) is 8.45. The molecule has 5 heteroatoms. The fourth-order valence-electron chi connectivity index (χ4n) is 2.07. The predicted octanol–water partition coefficient (Wildman–Crippen LogP) is 5.33. The van der Waals surface area contributed by atoms with Crippen LogP contribution in [0.5, 0.6) is 0 Å². The van der Waals surface area contributed by atoms with Gasteiger partial charge in [-0.1, -0.05) is 52.3 Å². The molecule has 0 atom stereocenters. The number of hydrazone groups is 1. The number of aromatic nitrogens is 1. The van der Waals surface area contributed by atoms with Crippen molar-refractivity contribution < 1.29 is 0 Å². The molecule has 0 saturated heterocycles. The van der Waals surface area contributed by atoms with Gasteiger partial charge in [0.1, 0.15) is 0 Å². The molecule has 0 unspecified atom stereocenters. The van der Waals surface area contributed by atoms with Gasteiger partial charge in [-0.05, 0) is 30.2 Å². The van der Waals surface area contributed by atoms with Crippen molar-refractivity contribution in [1.82, 2.24) is 4.98 Å². The molecule has 0 radical (unpaired) electrons. The number of nitrogens with zero attached hydrogens (tertiary/aromatic N) is 2. The Morgan fingerprint density at radius 2 is 2.00 bits per heavy atom. The fourth-order valence-corrected chi connectivity index (χ4v) is 3.36. The summed E-state index contributed by atoms with van der Waals surface area (Å²) in [6, 6.07) is 16.3. The highest BCUT2D eigenvalue weighted by molar-refractivity contribution is 9.10. The van der Waals surface area contributed by atoms with Crippen LogP contribution in [0.25, 0.3) is 11.3 Å². The van der Waals surface area contributed by atoms with Gasteiger partial charge in [0.2, 0.25) is 5.13 Å². The quantitative estimate of drug-likeness (QED) is 0.497. The zero-order chi connectivity index (χ0) is 15.4. The minimum absolute atomic E-state index is 0.779. The topological polar surface area (TPSA) is 37.3 Å². The number of nitrogens with one attached hydrogen (secondary N) is 1. The third-order valence-corrected chi connectivity index (χ3v) is 4.22. The lowest BCUT2D eigenvalue weighted by atomic mass is 10.2. The van der Waals surface area contributed by atoms with Crippen LogP contribution in [0, 0.1) is 6.92 Å². The standard InChI is InChI=1S/C17H14BrN3S/c1-12-7-13(9-15(18)8-12)10-19-21-17-20-16(11-22-17)14-5-3-2-4-6-14/h2-11H,1H3,(H,20,21). The molecule has 1 aromatic heterocycles. The predicted molar refractivity (Wildman–Crippen MR) is 97.6 cm³/mol. The summed E-state index contributed by atoms with van der Waals surface area (Å²) < 4.78 is 1.05. The first kappa shape index (κ1) is 14.9. The molecule has 0 bridgehead atoms. The summed E-state index contributed by atoms with van der Waals surface area (Å²) in [6.07, 6.45) is 1.79.